The van der Waals surface area contributed by atoms with Gasteiger partial charge >= 0.3 is 0 Å². The molecule has 3 rings (SSSR count). The smallest absolute Gasteiger partial charge is 0.274 e. The van der Waals surface area contributed by atoms with Crippen molar-refractivity contribution in [2.45, 2.75) is 26.8 Å². The fourth-order valence-corrected chi connectivity index (χ4v) is 3.40. The first kappa shape index (κ1) is 18.9. The van der Waals surface area contributed by atoms with E-state index in [1.165, 1.54) is 12.1 Å². The minimum atomic E-state index is -0.329. The molecule has 0 bridgehead atoms. The zero-order valence-corrected chi connectivity index (χ0v) is 15.9. The van der Waals surface area contributed by atoms with Crippen LogP contribution in [0.2, 0.25) is 5.02 Å². The molecular weight excluding hydrogens is 355 g/mol. The topological polar surface area (TPSA) is 52.2 Å². The highest BCUT2D eigenvalue weighted by atomic mass is 35.5. The molecule has 1 aromatic heterocycles. The van der Waals surface area contributed by atoms with Crippen molar-refractivity contribution in [3.05, 3.63) is 52.1 Å². The highest BCUT2D eigenvalue weighted by molar-refractivity contribution is 6.31. The molecule has 0 radical (unpaired) electrons. The lowest BCUT2D eigenvalue weighted by molar-refractivity contribution is 0.0622. The number of carbonyl (C=O) groups excluding carboxylic acids is 1. The molecule has 1 fully saturated rings. The van der Waals surface area contributed by atoms with Gasteiger partial charge < -0.3 is 4.90 Å². The molecule has 0 unspecified atom stereocenters. The minimum Gasteiger partial charge on any atom is -0.335 e. The second-order valence-corrected chi connectivity index (χ2v) is 7.59. The molecule has 1 aliphatic heterocycles. The van der Waals surface area contributed by atoms with Crippen molar-refractivity contribution in [2.24, 2.45) is 5.92 Å². The van der Waals surface area contributed by atoms with Crippen LogP contribution in [0, 0.1) is 11.7 Å². The largest absolute Gasteiger partial charge is 0.335 e. The standard InChI is InChI=1S/C19H24ClFN4O/c1-13(2)9-16-11-18(23-22-16)19(26)25-7-5-24(6-8-25)12-14-3-4-15(21)10-17(14)20/h3-4,10-11,13H,5-9,12H2,1-2H3,(H,22,23). The molecule has 1 aromatic carbocycles. The van der Waals surface area contributed by atoms with Crippen LogP contribution in [0.5, 0.6) is 0 Å². The van der Waals surface area contributed by atoms with Gasteiger partial charge in [-0.15, -0.1) is 0 Å². The van der Waals surface area contributed by atoms with Crippen molar-refractivity contribution < 1.29 is 9.18 Å². The van der Waals surface area contributed by atoms with Crippen LogP contribution in [0.1, 0.15) is 35.6 Å². The van der Waals surface area contributed by atoms with Gasteiger partial charge in [0, 0.05) is 43.4 Å². The fraction of sp³-hybridized carbons (Fsp3) is 0.474. The van der Waals surface area contributed by atoms with Gasteiger partial charge in [0.2, 0.25) is 0 Å². The third-order valence-electron chi connectivity index (χ3n) is 4.55. The Morgan fingerprint density at radius 2 is 2.00 bits per heavy atom. The first-order chi connectivity index (χ1) is 12.4. The maximum absolute atomic E-state index is 13.1. The third-order valence-corrected chi connectivity index (χ3v) is 4.90. The van der Waals surface area contributed by atoms with E-state index >= 15 is 0 Å². The van der Waals surface area contributed by atoms with Gasteiger partial charge in [-0.25, -0.2) is 4.39 Å². The zero-order chi connectivity index (χ0) is 18.7. The summed E-state index contributed by atoms with van der Waals surface area (Å²) in [6.45, 7) is 7.71. The molecule has 0 aliphatic carbocycles. The van der Waals surface area contributed by atoms with Gasteiger partial charge in [-0.3, -0.25) is 14.8 Å². The minimum absolute atomic E-state index is 0.0317. The number of hydrogen-bond donors (Lipinski definition) is 1. The van der Waals surface area contributed by atoms with E-state index < -0.39 is 0 Å². The molecule has 1 saturated heterocycles. The number of H-pyrrole nitrogens is 1. The van der Waals surface area contributed by atoms with Crippen molar-refractivity contribution in [2.75, 3.05) is 26.2 Å². The summed E-state index contributed by atoms with van der Waals surface area (Å²) in [6, 6.07) is 6.33. The Hall–Kier alpha value is -1.92. The fourth-order valence-electron chi connectivity index (χ4n) is 3.18. The number of nitrogens with zero attached hydrogens (tertiary/aromatic N) is 3. The molecule has 1 aliphatic rings. The third kappa shape index (κ3) is 4.62. The van der Waals surface area contributed by atoms with Gasteiger partial charge in [0.05, 0.1) is 0 Å². The quantitative estimate of drug-likeness (QED) is 0.868. The molecule has 0 saturated carbocycles. The van der Waals surface area contributed by atoms with E-state index in [1.807, 2.05) is 11.0 Å². The molecular formula is C19H24ClFN4O. The van der Waals surface area contributed by atoms with Crippen molar-refractivity contribution >= 4 is 17.5 Å². The lowest BCUT2D eigenvalue weighted by atomic mass is 10.1. The second kappa shape index (κ2) is 8.18. The van der Waals surface area contributed by atoms with E-state index in [4.69, 9.17) is 11.6 Å². The summed E-state index contributed by atoms with van der Waals surface area (Å²) in [5, 5.41) is 7.57. The Morgan fingerprint density at radius 1 is 1.27 bits per heavy atom. The van der Waals surface area contributed by atoms with Gasteiger partial charge in [0.15, 0.2) is 0 Å². The Kier molecular flexibility index (Phi) is 5.94. The second-order valence-electron chi connectivity index (χ2n) is 7.18. The van der Waals surface area contributed by atoms with Crippen LogP contribution in [0.15, 0.2) is 24.3 Å². The summed E-state index contributed by atoms with van der Waals surface area (Å²) < 4.78 is 13.1. The lowest BCUT2D eigenvalue weighted by Gasteiger charge is -2.34. The Morgan fingerprint density at radius 3 is 2.65 bits per heavy atom. The average Bonchev–Trinajstić information content (AvgIpc) is 3.05. The molecule has 140 valence electrons. The summed E-state index contributed by atoms with van der Waals surface area (Å²) in [6.07, 6.45) is 0.881. The molecule has 0 atom stereocenters. The molecule has 2 heterocycles. The number of piperazine rings is 1. The van der Waals surface area contributed by atoms with Crippen molar-refractivity contribution in [1.82, 2.24) is 20.0 Å². The molecule has 5 nitrogen and oxygen atoms in total. The number of carbonyl (C=O) groups is 1. The normalized spacial score (nSPS) is 15.7. The van der Waals surface area contributed by atoms with Gasteiger partial charge in [0.25, 0.3) is 5.91 Å². The summed E-state index contributed by atoms with van der Waals surface area (Å²) in [4.78, 5) is 16.7. The van der Waals surface area contributed by atoms with Crippen LogP contribution in [0.3, 0.4) is 0 Å². The number of halogens is 2. The monoisotopic (exact) mass is 378 g/mol. The maximum Gasteiger partial charge on any atom is 0.274 e. The zero-order valence-electron chi connectivity index (χ0n) is 15.1. The van der Waals surface area contributed by atoms with Crippen LogP contribution < -0.4 is 0 Å². The van der Waals surface area contributed by atoms with E-state index in [1.54, 1.807) is 6.07 Å². The van der Waals surface area contributed by atoms with E-state index in [9.17, 15) is 9.18 Å². The Bertz CT molecular complexity index is 769. The number of nitrogens with one attached hydrogen (secondary N) is 1. The summed E-state index contributed by atoms with van der Waals surface area (Å²) in [7, 11) is 0. The first-order valence-electron chi connectivity index (χ1n) is 8.92. The van der Waals surface area contributed by atoms with E-state index in [0.717, 1.165) is 30.8 Å². The van der Waals surface area contributed by atoms with Gasteiger partial charge in [-0.1, -0.05) is 31.5 Å². The average molecular weight is 379 g/mol. The lowest BCUT2D eigenvalue weighted by Crippen LogP contribution is -2.48. The van der Waals surface area contributed by atoms with Crippen LogP contribution in [-0.2, 0) is 13.0 Å². The van der Waals surface area contributed by atoms with Crippen molar-refractivity contribution in [3.8, 4) is 0 Å². The van der Waals surface area contributed by atoms with Crippen molar-refractivity contribution in [3.63, 3.8) is 0 Å². The van der Waals surface area contributed by atoms with E-state index in [0.29, 0.717) is 36.3 Å². The molecule has 2 aromatic rings. The van der Waals surface area contributed by atoms with Gasteiger partial charge in [-0.2, -0.15) is 5.10 Å². The molecule has 1 N–H and O–H groups in total. The first-order valence-corrected chi connectivity index (χ1v) is 9.30. The number of benzene rings is 1. The van der Waals surface area contributed by atoms with Crippen LogP contribution >= 0.6 is 11.6 Å². The SMILES string of the molecule is CC(C)Cc1cc(C(=O)N2CCN(Cc3ccc(F)cc3Cl)CC2)n[nH]1. The summed E-state index contributed by atoms with van der Waals surface area (Å²) in [5.74, 6) is 0.154. The highest BCUT2D eigenvalue weighted by Crippen LogP contribution is 2.20. The molecule has 7 heteroatoms. The maximum atomic E-state index is 13.1. The van der Waals surface area contributed by atoms with Crippen molar-refractivity contribution in [1.29, 1.82) is 0 Å². The van der Waals surface area contributed by atoms with Crippen LogP contribution in [0.25, 0.3) is 0 Å². The highest BCUT2D eigenvalue weighted by Gasteiger charge is 2.24. The molecule has 0 spiro atoms. The Labute approximate surface area is 158 Å². The number of rotatable bonds is 5. The van der Waals surface area contributed by atoms with Crippen LogP contribution in [0.4, 0.5) is 4.39 Å². The Balaban J connectivity index is 1.54. The predicted molar refractivity (Wildman–Crippen MR) is 99.7 cm³/mol. The van der Waals surface area contributed by atoms with Gasteiger partial charge in [-0.05, 0) is 36.1 Å². The van der Waals surface area contributed by atoms with Crippen LogP contribution in [-0.4, -0.2) is 52.1 Å². The van der Waals surface area contributed by atoms with E-state index in [-0.39, 0.29) is 11.7 Å². The number of amides is 1. The summed E-state index contributed by atoms with van der Waals surface area (Å²) in [5.41, 5.74) is 2.38. The summed E-state index contributed by atoms with van der Waals surface area (Å²) >= 11 is 6.10. The predicted octanol–water partition coefficient (Wildman–Crippen LogP) is 3.36. The number of aromatic nitrogens is 2. The number of hydrogen-bond acceptors (Lipinski definition) is 3. The number of aromatic amines is 1. The molecule has 1 amide bonds. The van der Waals surface area contributed by atoms with E-state index in [2.05, 4.69) is 28.9 Å². The van der Waals surface area contributed by atoms with Gasteiger partial charge in [0.1, 0.15) is 11.5 Å². The molecule has 26 heavy (non-hydrogen) atoms.